The second-order valence-corrected chi connectivity index (χ2v) is 9.28. The SMILES string of the molecule is CN1CCN(c2nc(-c3cc(F)c(Cl)cc3F)nc3c2CS(=O)(=O)C3)CC1=O. The Hall–Kier alpha value is -2.33. The lowest BCUT2D eigenvalue weighted by Crippen LogP contribution is -2.49. The third kappa shape index (κ3) is 3.30. The molecule has 11 heteroatoms. The number of benzene rings is 1. The van der Waals surface area contributed by atoms with Crippen molar-refractivity contribution < 1.29 is 22.0 Å². The van der Waals surface area contributed by atoms with Crippen LogP contribution in [-0.2, 0) is 26.1 Å². The number of piperazine rings is 1. The Balaban J connectivity index is 1.87. The van der Waals surface area contributed by atoms with Crippen molar-refractivity contribution in [3.8, 4) is 11.4 Å². The van der Waals surface area contributed by atoms with E-state index in [9.17, 15) is 22.0 Å². The molecule has 2 aliphatic heterocycles. The fraction of sp³-hybridized carbons (Fsp3) is 0.353. The Labute approximate surface area is 164 Å². The molecule has 3 heterocycles. The van der Waals surface area contributed by atoms with E-state index in [1.165, 1.54) is 0 Å². The van der Waals surface area contributed by atoms with Crippen LogP contribution in [0.3, 0.4) is 0 Å². The van der Waals surface area contributed by atoms with Gasteiger partial charge in [0.2, 0.25) is 5.91 Å². The largest absolute Gasteiger partial charge is 0.345 e. The summed E-state index contributed by atoms with van der Waals surface area (Å²) in [7, 11) is -1.76. The fourth-order valence-corrected chi connectivity index (χ4v) is 4.92. The number of hydrogen-bond acceptors (Lipinski definition) is 6. The highest BCUT2D eigenvalue weighted by Crippen LogP contribution is 2.35. The number of likely N-dealkylation sites (N-methyl/N-ethyl adjacent to an activating group) is 1. The predicted molar refractivity (Wildman–Crippen MR) is 98.6 cm³/mol. The number of halogens is 3. The van der Waals surface area contributed by atoms with Crippen molar-refractivity contribution in [2.24, 2.45) is 0 Å². The normalized spacial score (nSPS) is 18.5. The molecule has 0 spiro atoms. The Morgan fingerprint density at radius 3 is 2.57 bits per heavy atom. The molecule has 1 saturated heterocycles. The van der Waals surface area contributed by atoms with Crippen molar-refractivity contribution in [1.29, 1.82) is 0 Å². The molecule has 2 aliphatic rings. The zero-order valence-electron chi connectivity index (χ0n) is 14.7. The summed E-state index contributed by atoms with van der Waals surface area (Å²) in [6.07, 6.45) is 0. The number of carbonyl (C=O) groups excluding carboxylic acids is 1. The molecule has 1 amide bonds. The molecule has 7 nitrogen and oxygen atoms in total. The van der Waals surface area contributed by atoms with Crippen LogP contribution in [0.5, 0.6) is 0 Å². The first kappa shape index (κ1) is 19.0. The van der Waals surface area contributed by atoms with Gasteiger partial charge in [-0.15, -0.1) is 0 Å². The summed E-state index contributed by atoms with van der Waals surface area (Å²) in [5.74, 6) is -2.27. The van der Waals surface area contributed by atoms with Crippen LogP contribution >= 0.6 is 11.6 Å². The van der Waals surface area contributed by atoms with Crippen molar-refractivity contribution in [2.75, 3.05) is 31.6 Å². The van der Waals surface area contributed by atoms with Gasteiger partial charge in [0.05, 0.1) is 34.3 Å². The highest BCUT2D eigenvalue weighted by molar-refractivity contribution is 7.90. The molecule has 0 atom stereocenters. The van der Waals surface area contributed by atoms with Gasteiger partial charge in [-0.3, -0.25) is 4.79 Å². The second-order valence-electron chi connectivity index (χ2n) is 6.81. The maximum atomic E-state index is 14.4. The van der Waals surface area contributed by atoms with E-state index in [4.69, 9.17) is 11.6 Å². The van der Waals surface area contributed by atoms with Crippen LogP contribution in [0.1, 0.15) is 11.3 Å². The van der Waals surface area contributed by atoms with Crippen LogP contribution in [0.2, 0.25) is 5.02 Å². The lowest BCUT2D eigenvalue weighted by Gasteiger charge is -2.33. The third-order valence-corrected chi connectivity index (χ3v) is 6.53. The number of aromatic nitrogens is 2. The summed E-state index contributed by atoms with van der Waals surface area (Å²) in [6.45, 7) is 0.878. The Kier molecular flexibility index (Phi) is 4.50. The molecule has 1 fully saturated rings. The van der Waals surface area contributed by atoms with Crippen LogP contribution in [0.25, 0.3) is 11.4 Å². The summed E-state index contributed by atoms with van der Waals surface area (Å²) >= 11 is 5.60. The molecule has 0 unspecified atom stereocenters. The number of rotatable bonds is 2. The molecule has 1 aromatic carbocycles. The highest BCUT2D eigenvalue weighted by Gasteiger charge is 2.34. The second kappa shape index (κ2) is 6.63. The minimum absolute atomic E-state index is 0.0108. The summed E-state index contributed by atoms with van der Waals surface area (Å²) in [5, 5.41) is -0.380. The number of amides is 1. The molecule has 0 N–H and O–H groups in total. The average Bonchev–Trinajstić information content (AvgIpc) is 2.93. The summed E-state index contributed by atoms with van der Waals surface area (Å²) < 4.78 is 52.5. The molecule has 28 heavy (non-hydrogen) atoms. The van der Waals surface area contributed by atoms with E-state index in [1.807, 2.05) is 0 Å². The molecule has 4 rings (SSSR count). The van der Waals surface area contributed by atoms with Gasteiger partial charge in [0.15, 0.2) is 15.7 Å². The molecule has 2 aromatic rings. The van der Waals surface area contributed by atoms with E-state index in [1.54, 1.807) is 16.8 Å². The fourth-order valence-electron chi connectivity index (χ4n) is 3.28. The maximum Gasteiger partial charge on any atom is 0.241 e. The van der Waals surface area contributed by atoms with Gasteiger partial charge >= 0.3 is 0 Å². The lowest BCUT2D eigenvalue weighted by atomic mass is 10.1. The molecular weight excluding hydrogens is 414 g/mol. The lowest BCUT2D eigenvalue weighted by molar-refractivity contribution is -0.129. The van der Waals surface area contributed by atoms with E-state index >= 15 is 0 Å². The Bertz CT molecular complexity index is 1110. The predicted octanol–water partition coefficient (Wildman–Crippen LogP) is 1.78. The van der Waals surface area contributed by atoms with Crippen LogP contribution in [-0.4, -0.2) is 55.9 Å². The number of anilines is 1. The number of hydrogen-bond donors (Lipinski definition) is 0. The Morgan fingerprint density at radius 1 is 1.11 bits per heavy atom. The number of nitrogens with zero attached hydrogens (tertiary/aromatic N) is 4. The molecule has 148 valence electrons. The van der Waals surface area contributed by atoms with Gasteiger partial charge in [-0.05, 0) is 12.1 Å². The van der Waals surface area contributed by atoms with Gasteiger partial charge in [-0.1, -0.05) is 11.6 Å². The first-order valence-corrected chi connectivity index (χ1v) is 10.6. The topological polar surface area (TPSA) is 83.5 Å². The van der Waals surface area contributed by atoms with Gasteiger partial charge in [0.1, 0.15) is 17.5 Å². The summed E-state index contributed by atoms with van der Waals surface area (Å²) in [4.78, 5) is 23.8. The molecule has 0 bridgehead atoms. The molecule has 0 radical (unpaired) electrons. The van der Waals surface area contributed by atoms with Crippen molar-refractivity contribution in [2.45, 2.75) is 11.5 Å². The molecule has 0 saturated carbocycles. The van der Waals surface area contributed by atoms with Crippen molar-refractivity contribution in [3.63, 3.8) is 0 Å². The number of fused-ring (bicyclic) bond motifs is 1. The first-order chi connectivity index (χ1) is 13.1. The van der Waals surface area contributed by atoms with Gasteiger partial charge in [0, 0.05) is 25.7 Å². The van der Waals surface area contributed by atoms with E-state index in [2.05, 4.69) is 9.97 Å². The van der Waals surface area contributed by atoms with Crippen LogP contribution < -0.4 is 4.90 Å². The van der Waals surface area contributed by atoms with Gasteiger partial charge in [-0.25, -0.2) is 27.2 Å². The van der Waals surface area contributed by atoms with Crippen LogP contribution in [0, 0.1) is 11.6 Å². The van der Waals surface area contributed by atoms with Crippen LogP contribution in [0.4, 0.5) is 14.6 Å². The summed E-state index contributed by atoms with van der Waals surface area (Å²) in [6, 6.07) is 1.69. The highest BCUT2D eigenvalue weighted by atomic mass is 35.5. The minimum atomic E-state index is -3.43. The Morgan fingerprint density at radius 2 is 1.86 bits per heavy atom. The van der Waals surface area contributed by atoms with Gasteiger partial charge in [0.25, 0.3) is 0 Å². The zero-order chi connectivity index (χ0) is 20.2. The monoisotopic (exact) mass is 428 g/mol. The van der Waals surface area contributed by atoms with Crippen molar-refractivity contribution >= 4 is 33.2 Å². The molecule has 1 aromatic heterocycles. The average molecular weight is 429 g/mol. The quantitative estimate of drug-likeness (QED) is 0.678. The number of carbonyl (C=O) groups is 1. The van der Waals surface area contributed by atoms with Crippen molar-refractivity contribution in [3.05, 3.63) is 40.0 Å². The van der Waals surface area contributed by atoms with E-state index in [-0.39, 0.29) is 51.9 Å². The number of sulfone groups is 1. The smallest absolute Gasteiger partial charge is 0.241 e. The van der Waals surface area contributed by atoms with E-state index < -0.39 is 21.5 Å². The van der Waals surface area contributed by atoms with E-state index in [0.29, 0.717) is 18.7 Å². The third-order valence-electron chi connectivity index (χ3n) is 4.80. The van der Waals surface area contributed by atoms with E-state index in [0.717, 1.165) is 12.1 Å². The zero-order valence-corrected chi connectivity index (χ0v) is 16.3. The minimum Gasteiger partial charge on any atom is -0.345 e. The van der Waals surface area contributed by atoms with Crippen molar-refractivity contribution in [1.82, 2.24) is 14.9 Å². The van der Waals surface area contributed by atoms with Gasteiger partial charge in [-0.2, -0.15) is 0 Å². The van der Waals surface area contributed by atoms with Crippen LogP contribution in [0.15, 0.2) is 12.1 Å². The molecule has 0 aliphatic carbocycles. The first-order valence-electron chi connectivity index (χ1n) is 8.38. The standard InChI is InChI=1S/C17H15ClF2N4O3S/c1-23-2-3-24(6-15(23)25)17-10-7-28(26,27)8-14(10)21-16(22-17)9-4-13(20)11(18)5-12(9)19/h4-5H,2-3,6-8H2,1H3. The maximum absolute atomic E-state index is 14.4. The summed E-state index contributed by atoms with van der Waals surface area (Å²) in [5.41, 5.74) is 0.410. The molecular formula is C17H15ClF2N4O3S. The van der Waals surface area contributed by atoms with Gasteiger partial charge < -0.3 is 9.80 Å².